The third-order valence-corrected chi connectivity index (χ3v) is 5.23. The van der Waals surface area contributed by atoms with E-state index in [4.69, 9.17) is 0 Å². The van der Waals surface area contributed by atoms with Crippen LogP contribution < -0.4 is 10.9 Å². The Bertz CT molecular complexity index is 738. The lowest BCUT2D eigenvalue weighted by Crippen LogP contribution is -2.41. The van der Waals surface area contributed by atoms with Crippen LogP contribution in [-0.4, -0.2) is 16.3 Å². The Labute approximate surface area is 136 Å². The first-order valence-electron chi connectivity index (χ1n) is 7.24. The lowest BCUT2D eigenvalue weighted by molar-refractivity contribution is 0.260. The second-order valence-electron chi connectivity index (χ2n) is 5.80. The summed E-state index contributed by atoms with van der Waals surface area (Å²) >= 11 is 3.32. The number of anilines is 1. The van der Waals surface area contributed by atoms with Crippen molar-refractivity contribution in [1.82, 2.24) is 9.78 Å². The molecule has 22 heavy (non-hydrogen) atoms. The van der Waals surface area contributed by atoms with Crippen LogP contribution >= 0.6 is 15.9 Å². The molecule has 1 saturated carbocycles. The number of hydrogen-bond donors (Lipinski definition) is 1. The molecule has 0 saturated heterocycles. The Morgan fingerprint density at radius 3 is 2.64 bits per heavy atom. The SMILES string of the molecule is Cn1ncc(NCC2(c3ccc(F)cc3)CCC2)c(Br)c1=O. The van der Waals surface area contributed by atoms with Gasteiger partial charge in [-0.25, -0.2) is 9.07 Å². The third-order valence-electron chi connectivity index (χ3n) is 4.46. The monoisotopic (exact) mass is 365 g/mol. The summed E-state index contributed by atoms with van der Waals surface area (Å²) in [6.45, 7) is 0.700. The molecule has 0 radical (unpaired) electrons. The van der Waals surface area contributed by atoms with Gasteiger partial charge in [-0.3, -0.25) is 4.79 Å². The van der Waals surface area contributed by atoms with E-state index in [-0.39, 0.29) is 16.8 Å². The number of halogens is 2. The molecule has 0 spiro atoms. The van der Waals surface area contributed by atoms with Crippen LogP contribution in [0.4, 0.5) is 10.1 Å². The predicted molar refractivity (Wildman–Crippen MR) is 87.6 cm³/mol. The molecule has 0 unspecified atom stereocenters. The summed E-state index contributed by atoms with van der Waals surface area (Å²) in [7, 11) is 1.61. The van der Waals surface area contributed by atoms with Crippen LogP contribution in [0.5, 0.6) is 0 Å². The summed E-state index contributed by atoms with van der Waals surface area (Å²) in [5.41, 5.74) is 1.67. The molecule has 6 heteroatoms. The van der Waals surface area contributed by atoms with Crippen LogP contribution in [0.2, 0.25) is 0 Å². The molecule has 0 atom stereocenters. The molecule has 116 valence electrons. The molecule has 3 rings (SSSR count). The highest BCUT2D eigenvalue weighted by molar-refractivity contribution is 9.10. The fourth-order valence-corrected chi connectivity index (χ4v) is 3.37. The van der Waals surface area contributed by atoms with Gasteiger partial charge in [0, 0.05) is 19.0 Å². The van der Waals surface area contributed by atoms with Gasteiger partial charge in [-0.1, -0.05) is 18.6 Å². The lowest BCUT2D eigenvalue weighted by atomic mass is 9.64. The zero-order valence-electron chi connectivity index (χ0n) is 12.3. The average Bonchev–Trinajstić information content (AvgIpc) is 2.47. The molecule has 1 aliphatic carbocycles. The second kappa shape index (κ2) is 5.83. The fourth-order valence-electron chi connectivity index (χ4n) is 2.87. The average molecular weight is 366 g/mol. The molecule has 0 amide bonds. The fraction of sp³-hybridized carbons (Fsp3) is 0.375. The Morgan fingerprint density at radius 2 is 2.05 bits per heavy atom. The summed E-state index contributed by atoms with van der Waals surface area (Å²) < 4.78 is 14.9. The number of nitrogens with zero attached hydrogens (tertiary/aromatic N) is 2. The molecular formula is C16H17BrFN3O. The van der Waals surface area contributed by atoms with Gasteiger partial charge in [0.25, 0.3) is 5.56 Å². The summed E-state index contributed by atoms with van der Waals surface area (Å²) in [5.74, 6) is -0.218. The van der Waals surface area contributed by atoms with Crippen LogP contribution in [0.1, 0.15) is 24.8 Å². The smallest absolute Gasteiger partial charge is 0.282 e. The largest absolute Gasteiger partial charge is 0.382 e. The Morgan fingerprint density at radius 1 is 1.36 bits per heavy atom. The van der Waals surface area contributed by atoms with Crippen LogP contribution in [0.25, 0.3) is 0 Å². The minimum absolute atomic E-state index is 0.00815. The van der Waals surface area contributed by atoms with Gasteiger partial charge in [-0.15, -0.1) is 0 Å². The van der Waals surface area contributed by atoms with E-state index in [0.29, 0.717) is 16.7 Å². The summed E-state index contributed by atoms with van der Waals surface area (Å²) in [6, 6.07) is 6.72. The van der Waals surface area contributed by atoms with Gasteiger partial charge in [0.05, 0.1) is 11.9 Å². The Kier molecular flexibility index (Phi) is 4.04. The van der Waals surface area contributed by atoms with E-state index in [1.54, 1.807) is 13.2 Å². The van der Waals surface area contributed by atoms with Crippen molar-refractivity contribution in [3.8, 4) is 0 Å². The van der Waals surface area contributed by atoms with E-state index in [9.17, 15) is 9.18 Å². The first-order chi connectivity index (χ1) is 10.5. The molecule has 0 bridgehead atoms. The number of hydrogen-bond acceptors (Lipinski definition) is 3. The number of rotatable bonds is 4. The molecule has 1 aliphatic rings. The van der Waals surface area contributed by atoms with E-state index in [0.717, 1.165) is 24.8 Å². The molecule has 1 aromatic heterocycles. The topological polar surface area (TPSA) is 46.9 Å². The van der Waals surface area contributed by atoms with Gasteiger partial charge in [0.1, 0.15) is 10.3 Å². The Balaban J connectivity index is 1.81. The van der Waals surface area contributed by atoms with Gasteiger partial charge in [-0.05, 0) is 46.5 Å². The van der Waals surface area contributed by atoms with Crippen molar-refractivity contribution in [3.05, 3.63) is 56.7 Å². The molecule has 1 N–H and O–H groups in total. The molecule has 1 fully saturated rings. The minimum Gasteiger partial charge on any atom is -0.382 e. The molecule has 2 aromatic rings. The van der Waals surface area contributed by atoms with Crippen LogP contribution in [-0.2, 0) is 12.5 Å². The third kappa shape index (κ3) is 2.67. The maximum atomic E-state index is 13.1. The lowest BCUT2D eigenvalue weighted by Gasteiger charge is -2.43. The standard InChI is InChI=1S/C16H17BrFN3O/c1-21-15(22)14(17)13(9-20-21)19-10-16(7-2-8-16)11-3-5-12(18)6-4-11/h3-6,9,19H,2,7-8,10H2,1H3. The minimum atomic E-state index is -0.218. The van der Waals surface area contributed by atoms with Crippen molar-refractivity contribution in [2.45, 2.75) is 24.7 Å². The van der Waals surface area contributed by atoms with Crippen molar-refractivity contribution in [1.29, 1.82) is 0 Å². The summed E-state index contributed by atoms with van der Waals surface area (Å²) in [6.07, 6.45) is 4.92. The molecule has 1 aromatic carbocycles. The van der Waals surface area contributed by atoms with Gasteiger partial charge in [0.15, 0.2) is 0 Å². The van der Waals surface area contributed by atoms with Crippen molar-refractivity contribution < 1.29 is 4.39 Å². The summed E-state index contributed by atoms with van der Waals surface area (Å²) in [4.78, 5) is 11.9. The maximum absolute atomic E-state index is 13.1. The zero-order chi connectivity index (χ0) is 15.7. The van der Waals surface area contributed by atoms with E-state index in [1.807, 2.05) is 12.1 Å². The summed E-state index contributed by atoms with van der Waals surface area (Å²) in [5, 5.41) is 7.35. The van der Waals surface area contributed by atoms with Crippen LogP contribution in [0, 0.1) is 5.82 Å². The van der Waals surface area contributed by atoms with Crippen molar-refractivity contribution in [2.75, 3.05) is 11.9 Å². The number of aryl methyl sites for hydroxylation is 1. The van der Waals surface area contributed by atoms with Gasteiger partial charge >= 0.3 is 0 Å². The number of benzene rings is 1. The number of nitrogens with one attached hydrogen (secondary N) is 1. The number of aromatic nitrogens is 2. The van der Waals surface area contributed by atoms with E-state index < -0.39 is 0 Å². The first kappa shape index (κ1) is 15.2. The first-order valence-corrected chi connectivity index (χ1v) is 8.03. The van der Waals surface area contributed by atoms with Gasteiger partial charge < -0.3 is 5.32 Å². The highest BCUT2D eigenvalue weighted by Crippen LogP contribution is 2.44. The predicted octanol–water partition coefficient (Wildman–Crippen LogP) is 3.22. The molecule has 0 aliphatic heterocycles. The molecule has 1 heterocycles. The van der Waals surface area contributed by atoms with Gasteiger partial charge in [-0.2, -0.15) is 5.10 Å². The van der Waals surface area contributed by atoms with E-state index in [1.165, 1.54) is 16.8 Å². The highest BCUT2D eigenvalue weighted by Gasteiger charge is 2.38. The molecular weight excluding hydrogens is 349 g/mol. The van der Waals surface area contributed by atoms with Crippen molar-refractivity contribution >= 4 is 21.6 Å². The van der Waals surface area contributed by atoms with Crippen LogP contribution in [0.15, 0.2) is 39.7 Å². The van der Waals surface area contributed by atoms with Crippen molar-refractivity contribution in [2.24, 2.45) is 7.05 Å². The quantitative estimate of drug-likeness (QED) is 0.904. The van der Waals surface area contributed by atoms with Crippen LogP contribution in [0.3, 0.4) is 0 Å². The maximum Gasteiger partial charge on any atom is 0.282 e. The van der Waals surface area contributed by atoms with Crippen molar-refractivity contribution in [3.63, 3.8) is 0 Å². The van der Waals surface area contributed by atoms with E-state index in [2.05, 4.69) is 26.3 Å². The zero-order valence-corrected chi connectivity index (χ0v) is 13.9. The van der Waals surface area contributed by atoms with E-state index >= 15 is 0 Å². The van der Waals surface area contributed by atoms with Gasteiger partial charge in [0.2, 0.25) is 0 Å². The normalized spacial score (nSPS) is 16.1. The molecule has 4 nitrogen and oxygen atoms in total. The highest BCUT2D eigenvalue weighted by atomic mass is 79.9. The Hall–Kier alpha value is -1.69. The second-order valence-corrected chi connectivity index (χ2v) is 6.59.